The standard InChI is InChI=1S/C23H32N2O2S2/c1-23(2,3)19-9-11-21(12-10-19)29(26,27)25(20-13-15-24-16-14-20)17-18-7-5-6-8-22(18)28-4/h5-12,20,24H,13-17H2,1-4H3. The number of rotatable bonds is 6. The summed E-state index contributed by atoms with van der Waals surface area (Å²) in [5.74, 6) is 0. The second kappa shape index (κ2) is 9.21. The maximum Gasteiger partial charge on any atom is 0.243 e. The van der Waals surface area contributed by atoms with Crippen LogP contribution in [0.5, 0.6) is 0 Å². The van der Waals surface area contributed by atoms with Gasteiger partial charge in [0, 0.05) is 17.5 Å². The van der Waals surface area contributed by atoms with Crippen LogP contribution in [0, 0.1) is 0 Å². The van der Waals surface area contributed by atoms with Crippen molar-refractivity contribution in [3.63, 3.8) is 0 Å². The molecule has 3 rings (SSSR count). The molecule has 0 radical (unpaired) electrons. The number of hydrogen-bond donors (Lipinski definition) is 1. The molecule has 6 heteroatoms. The summed E-state index contributed by atoms with van der Waals surface area (Å²) in [5.41, 5.74) is 2.19. The Hall–Kier alpha value is -1.34. The van der Waals surface area contributed by atoms with Crippen LogP contribution in [0.15, 0.2) is 58.3 Å². The first-order valence-corrected chi connectivity index (χ1v) is 12.8. The molecule has 0 atom stereocenters. The summed E-state index contributed by atoms with van der Waals surface area (Å²) in [5, 5.41) is 3.35. The van der Waals surface area contributed by atoms with Gasteiger partial charge in [0.2, 0.25) is 10.0 Å². The number of sulfonamides is 1. The molecule has 1 heterocycles. The predicted molar refractivity (Wildman–Crippen MR) is 122 cm³/mol. The molecule has 29 heavy (non-hydrogen) atoms. The van der Waals surface area contributed by atoms with E-state index in [4.69, 9.17) is 0 Å². The molecule has 0 aliphatic carbocycles. The minimum Gasteiger partial charge on any atom is -0.317 e. The Kier molecular flexibility index (Phi) is 7.10. The molecule has 4 nitrogen and oxygen atoms in total. The zero-order valence-electron chi connectivity index (χ0n) is 17.8. The van der Waals surface area contributed by atoms with Crippen LogP contribution in [0.25, 0.3) is 0 Å². The molecule has 0 saturated carbocycles. The molecule has 0 unspecified atom stereocenters. The minimum atomic E-state index is -3.59. The lowest BCUT2D eigenvalue weighted by atomic mass is 9.87. The van der Waals surface area contributed by atoms with Gasteiger partial charge in [-0.15, -0.1) is 11.8 Å². The second-order valence-electron chi connectivity index (χ2n) is 8.62. The van der Waals surface area contributed by atoms with Gasteiger partial charge in [0.05, 0.1) is 4.90 Å². The smallest absolute Gasteiger partial charge is 0.243 e. The fraction of sp³-hybridized carbons (Fsp3) is 0.478. The van der Waals surface area contributed by atoms with Gasteiger partial charge in [-0.3, -0.25) is 0 Å². The van der Waals surface area contributed by atoms with E-state index in [0.717, 1.165) is 42.0 Å². The summed E-state index contributed by atoms with van der Waals surface area (Å²) in [6, 6.07) is 15.5. The van der Waals surface area contributed by atoms with E-state index in [2.05, 4.69) is 32.2 Å². The van der Waals surface area contributed by atoms with Crippen molar-refractivity contribution in [2.45, 2.75) is 61.4 Å². The highest BCUT2D eigenvalue weighted by Gasteiger charge is 2.33. The van der Waals surface area contributed by atoms with Gasteiger partial charge in [-0.1, -0.05) is 51.1 Å². The molecular formula is C23H32N2O2S2. The molecule has 0 aromatic heterocycles. The van der Waals surface area contributed by atoms with Crippen molar-refractivity contribution in [3.05, 3.63) is 59.7 Å². The minimum absolute atomic E-state index is 0.00565. The van der Waals surface area contributed by atoms with Gasteiger partial charge < -0.3 is 5.32 Å². The normalized spacial score (nSPS) is 16.3. The van der Waals surface area contributed by atoms with Crippen LogP contribution in [0.3, 0.4) is 0 Å². The van der Waals surface area contributed by atoms with Gasteiger partial charge in [-0.05, 0) is 66.9 Å². The van der Waals surface area contributed by atoms with Crippen LogP contribution in [0.1, 0.15) is 44.7 Å². The van der Waals surface area contributed by atoms with Crippen LogP contribution in [0.4, 0.5) is 0 Å². The van der Waals surface area contributed by atoms with Crippen molar-refractivity contribution in [1.29, 1.82) is 0 Å². The van der Waals surface area contributed by atoms with Crippen LogP contribution in [0.2, 0.25) is 0 Å². The van der Waals surface area contributed by atoms with Crippen molar-refractivity contribution in [2.24, 2.45) is 0 Å². The van der Waals surface area contributed by atoms with E-state index in [1.54, 1.807) is 28.2 Å². The first-order valence-electron chi connectivity index (χ1n) is 10.2. The average Bonchev–Trinajstić information content (AvgIpc) is 2.72. The van der Waals surface area contributed by atoms with E-state index in [-0.39, 0.29) is 11.5 Å². The molecule has 2 aromatic carbocycles. The molecule has 0 bridgehead atoms. The SMILES string of the molecule is CSc1ccccc1CN(C1CCNCC1)S(=O)(=O)c1ccc(C(C)(C)C)cc1. The molecule has 158 valence electrons. The van der Waals surface area contributed by atoms with E-state index in [1.807, 2.05) is 36.6 Å². The highest BCUT2D eigenvalue weighted by atomic mass is 32.2. The molecule has 1 aliphatic heterocycles. The number of nitrogens with zero attached hydrogens (tertiary/aromatic N) is 1. The van der Waals surface area contributed by atoms with E-state index in [9.17, 15) is 8.42 Å². The third-order valence-electron chi connectivity index (χ3n) is 5.56. The zero-order chi connectivity index (χ0) is 21.1. The summed E-state index contributed by atoms with van der Waals surface area (Å²) in [4.78, 5) is 1.51. The summed E-state index contributed by atoms with van der Waals surface area (Å²) in [7, 11) is -3.59. The number of hydrogen-bond acceptors (Lipinski definition) is 4. The summed E-state index contributed by atoms with van der Waals surface area (Å²) in [6.45, 7) is 8.52. The first kappa shape index (κ1) is 22.3. The van der Waals surface area contributed by atoms with Gasteiger partial charge in [0.15, 0.2) is 0 Å². The van der Waals surface area contributed by atoms with Gasteiger partial charge in [-0.25, -0.2) is 8.42 Å². The maximum absolute atomic E-state index is 13.7. The molecule has 0 spiro atoms. The predicted octanol–water partition coefficient (Wildman–Crippen LogP) is 4.65. The van der Waals surface area contributed by atoms with E-state index in [1.165, 1.54) is 0 Å². The van der Waals surface area contributed by atoms with E-state index >= 15 is 0 Å². The molecule has 0 amide bonds. The van der Waals surface area contributed by atoms with Gasteiger partial charge >= 0.3 is 0 Å². The Morgan fingerprint density at radius 1 is 1.03 bits per heavy atom. The van der Waals surface area contributed by atoms with Gasteiger partial charge in [0.25, 0.3) is 0 Å². The Labute approximate surface area is 180 Å². The molecule has 1 aliphatic rings. The van der Waals surface area contributed by atoms with Gasteiger partial charge in [-0.2, -0.15) is 4.31 Å². The average molecular weight is 433 g/mol. The molecule has 1 saturated heterocycles. The maximum atomic E-state index is 13.7. The number of benzene rings is 2. The van der Waals surface area contributed by atoms with Crippen molar-refractivity contribution >= 4 is 21.8 Å². The molecule has 1 N–H and O–H groups in total. The molecule has 2 aromatic rings. The fourth-order valence-electron chi connectivity index (χ4n) is 3.77. The van der Waals surface area contributed by atoms with E-state index < -0.39 is 10.0 Å². The van der Waals surface area contributed by atoms with Gasteiger partial charge in [0.1, 0.15) is 0 Å². The van der Waals surface area contributed by atoms with Crippen molar-refractivity contribution in [3.8, 4) is 0 Å². The lowest BCUT2D eigenvalue weighted by molar-refractivity contribution is 0.255. The summed E-state index contributed by atoms with van der Waals surface area (Å²) in [6.07, 6.45) is 3.70. The Morgan fingerprint density at radius 3 is 2.24 bits per heavy atom. The first-order chi connectivity index (χ1) is 13.7. The summed E-state index contributed by atoms with van der Waals surface area (Å²) >= 11 is 1.66. The lowest BCUT2D eigenvalue weighted by Gasteiger charge is -2.34. The van der Waals surface area contributed by atoms with Crippen molar-refractivity contribution in [2.75, 3.05) is 19.3 Å². The van der Waals surface area contributed by atoms with Crippen molar-refractivity contribution in [1.82, 2.24) is 9.62 Å². The van der Waals surface area contributed by atoms with E-state index in [0.29, 0.717) is 11.4 Å². The highest BCUT2D eigenvalue weighted by molar-refractivity contribution is 7.98. The zero-order valence-corrected chi connectivity index (χ0v) is 19.4. The quantitative estimate of drug-likeness (QED) is 0.675. The van der Waals surface area contributed by atoms with Crippen LogP contribution >= 0.6 is 11.8 Å². The molecular weight excluding hydrogens is 400 g/mol. The Balaban J connectivity index is 1.98. The second-order valence-corrected chi connectivity index (χ2v) is 11.4. The number of thioether (sulfide) groups is 1. The third kappa shape index (κ3) is 5.23. The number of piperidine rings is 1. The van der Waals surface area contributed by atoms with Crippen molar-refractivity contribution < 1.29 is 8.42 Å². The topological polar surface area (TPSA) is 49.4 Å². The summed E-state index contributed by atoms with van der Waals surface area (Å²) < 4.78 is 29.1. The largest absolute Gasteiger partial charge is 0.317 e. The Bertz CT molecular complexity index is 913. The monoisotopic (exact) mass is 432 g/mol. The molecule has 1 fully saturated rings. The third-order valence-corrected chi connectivity index (χ3v) is 8.31. The van der Waals surface area contributed by atoms with Crippen LogP contribution in [-0.2, 0) is 22.0 Å². The number of nitrogens with one attached hydrogen (secondary N) is 1. The lowest BCUT2D eigenvalue weighted by Crippen LogP contribution is -2.45. The fourth-order valence-corrected chi connectivity index (χ4v) is 6.04. The van der Waals surface area contributed by atoms with Crippen LogP contribution < -0.4 is 5.32 Å². The highest BCUT2D eigenvalue weighted by Crippen LogP contribution is 2.30. The van der Waals surface area contributed by atoms with Crippen LogP contribution in [-0.4, -0.2) is 38.1 Å². The Morgan fingerprint density at radius 2 is 1.66 bits per heavy atom.